The zero-order valence-corrected chi connectivity index (χ0v) is 14.3. The maximum absolute atomic E-state index is 5.31. The zero-order chi connectivity index (χ0) is 15.6. The third-order valence-electron chi connectivity index (χ3n) is 4.46. The Balaban J connectivity index is 2.03. The van der Waals surface area contributed by atoms with E-state index in [9.17, 15) is 0 Å². The molecule has 0 radical (unpaired) electrons. The Morgan fingerprint density at radius 3 is 2.45 bits per heavy atom. The molecule has 1 aliphatic heterocycles. The van der Waals surface area contributed by atoms with Crippen molar-refractivity contribution in [3.8, 4) is 5.75 Å². The SMILES string of the molecule is CCCCC1(c2ccc(OC)cc2)Sc2ccccc2N1C. The van der Waals surface area contributed by atoms with Gasteiger partial charge in [0.15, 0.2) is 0 Å². The highest BCUT2D eigenvalue weighted by Gasteiger charge is 2.43. The summed E-state index contributed by atoms with van der Waals surface area (Å²) in [7, 11) is 3.94. The first-order chi connectivity index (χ1) is 10.7. The molecule has 0 fully saturated rings. The van der Waals surface area contributed by atoms with Gasteiger partial charge in [-0.05, 0) is 36.2 Å². The van der Waals surface area contributed by atoms with Crippen LogP contribution >= 0.6 is 11.8 Å². The van der Waals surface area contributed by atoms with Gasteiger partial charge in [0, 0.05) is 11.9 Å². The van der Waals surface area contributed by atoms with E-state index in [1.807, 2.05) is 11.8 Å². The van der Waals surface area contributed by atoms with E-state index in [1.54, 1.807) is 7.11 Å². The Labute approximate surface area is 137 Å². The molecule has 2 aromatic rings. The van der Waals surface area contributed by atoms with Gasteiger partial charge in [0.1, 0.15) is 10.6 Å². The number of fused-ring (bicyclic) bond motifs is 1. The molecule has 3 heteroatoms. The van der Waals surface area contributed by atoms with Gasteiger partial charge in [-0.15, -0.1) is 0 Å². The summed E-state index contributed by atoms with van der Waals surface area (Å²) in [6, 6.07) is 17.3. The standard InChI is InChI=1S/C19H23NOS/c1-4-5-14-19(15-10-12-16(21-3)13-11-15)20(2)17-8-6-7-9-18(17)22-19/h6-13H,4-5,14H2,1-3H3. The molecule has 22 heavy (non-hydrogen) atoms. The summed E-state index contributed by atoms with van der Waals surface area (Å²) in [5, 5.41) is 0. The van der Waals surface area contributed by atoms with Crippen LogP contribution in [0.15, 0.2) is 53.4 Å². The molecule has 1 aliphatic rings. The highest BCUT2D eigenvalue weighted by molar-refractivity contribution is 8.00. The van der Waals surface area contributed by atoms with Crippen molar-refractivity contribution >= 4 is 17.4 Å². The summed E-state index contributed by atoms with van der Waals surface area (Å²) in [6.45, 7) is 2.26. The molecule has 0 spiro atoms. The van der Waals surface area contributed by atoms with Crippen molar-refractivity contribution in [2.75, 3.05) is 19.1 Å². The fourth-order valence-electron chi connectivity index (χ4n) is 3.15. The minimum absolute atomic E-state index is 0.00797. The number of hydrogen-bond acceptors (Lipinski definition) is 3. The molecule has 0 amide bonds. The number of methoxy groups -OCH3 is 1. The lowest BCUT2D eigenvalue weighted by Crippen LogP contribution is -2.37. The van der Waals surface area contributed by atoms with Crippen molar-refractivity contribution in [3.05, 3.63) is 54.1 Å². The Morgan fingerprint density at radius 1 is 1.09 bits per heavy atom. The summed E-state index contributed by atoms with van der Waals surface area (Å²) in [5.74, 6) is 0.914. The van der Waals surface area contributed by atoms with Gasteiger partial charge in [-0.2, -0.15) is 0 Å². The van der Waals surface area contributed by atoms with E-state index < -0.39 is 0 Å². The summed E-state index contributed by atoms with van der Waals surface area (Å²) < 4.78 is 5.31. The van der Waals surface area contributed by atoms with Crippen molar-refractivity contribution in [2.24, 2.45) is 0 Å². The number of ether oxygens (including phenoxy) is 1. The molecule has 1 atom stereocenters. The molecule has 0 aliphatic carbocycles. The lowest BCUT2D eigenvalue weighted by Gasteiger charge is -2.37. The van der Waals surface area contributed by atoms with Gasteiger partial charge in [-0.3, -0.25) is 0 Å². The van der Waals surface area contributed by atoms with E-state index in [-0.39, 0.29) is 4.87 Å². The van der Waals surface area contributed by atoms with Crippen molar-refractivity contribution in [2.45, 2.75) is 36.0 Å². The summed E-state index contributed by atoms with van der Waals surface area (Å²) in [5.41, 5.74) is 2.69. The molecular weight excluding hydrogens is 290 g/mol. The fraction of sp³-hybridized carbons (Fsp3) is 0.368. The fourth-order valence-corrected chi connectivity index (χ4v) is 4.70. The normalized spacial score (nSPS) is 20.0. The Bertz CT molecular complexity index is 640. The van der Waals surface area contributed by atoms with Crippen LogP contribution in [0.3, 0.4) is 0 Å². The first-order valence-electron chi connectivity index (χ1n) is 7.87. The quantitative estimate of drug-likeness (QED) is 0.745. The van der Waals surface area contributed by atoms with Crippen LogP contribution in [-0.2, 0) is 4.87 Å². The summed E-state index contributed by atoms with van der Waals surface area (Å²) in [4.78, 5) is 3.81. The molecule has 0 saturated heterocycles. The van der Waals surface area contributed by atoms with Crippen LogP contribution < -0.4 is 9.64 Å². The number of anilines is 1. The number of benzene rings is 2. The molecular formula is C19H23NOS. The van der Waals surface area contributed by atoms with Crippen molar-refractivity contribution in [1.29, 1.82) is 0 Å². The molecule has 3 rings (SSSR count). The van der Waals surface area contributed by atoms with Crippen LogP contribution in [0.2, 0.25) is 0 Å². The smallest absolute Gasteiger partial charge is 0.118 e. The van der Waals surface area contributed by atoms with Crippen molar-refractivity contribution < 1.29 is 4.74 Å². The van der Waals surface area contributed by atoms with Crippen molar-refractivity contribution in [3.63, 3.8) is 0 Å². The second kappa shape index (κ2) is 6.25. The van der Waals surface area contributed by atoms with E-state index in [2.05, 4.69) is 67.4 Å². The minimum atomic E-state index is -0.00797. The van der Waals surface area contributed by atoms with Crippen LogP contribution in [0.1, 0.15) is 31.7 Å². The summed E-state index contributed by atoms with van der Waals surface area (Å²) >= 11 is 1.98. The number of thioether (sulfide) groups is 1. The number of para-hydroxylation sites is 1. The molecule has 2 aromatic carbocycles. The van der Waals surface area contributed by atoms with Crippen LogP contribution in [-0.4, -0.2) is 14.2 Å². The number of nitrogens with zero attached hydrogens (tertiary/aromatic N) is 1. The third kappa shape index (κ3) is 2.48. The van der Waals surface area contributed by atoms with Crippen LogP contribution in [0, 0.1) is 0 Å². The molecule has 0 N–H and O–H groups in total. The second-order valence-corrected chi connectivity index (χ2v) is 7.06. The predicted octanol–water partition coefficient (Wildman–Crippen LogP) is 5.28. The predicted molar refractivity (Wildman–Crippen MR) is 94.9 cm³/mol. The van der Waals surface area contributed by atoms with Gasteiger partial charge in [-0.25, -0.2) is 0 Å². The van der Waals surface area contributed by atoms with Crippen LogP contribution in [0.5, 0.6) is 5.75 Å². The zero-order valence-electron chi connectivity index (χ0n) is 13.5. The van der Waals surface area contributed by atoms with E-state index in [1.165, 1.54) is 29.0 Å². The molecule has 116 valence electrons. The van der Waals surface area contributed by atoms with E-state index in [0.717, 1.165) is 12.2 Å². The van der Waals surface area contributed by atoms with E-state index >= 15 is 0 Å². The maximum atomic E-state index is 5.31. The third-order valence-corrected chi connectivity index (χ3v) is 6.07. The maximum Gasteiger partial charge on any atom is 0.118 e. The second-order valence-electron chi connectivity index (χ2n) is 5.75. The van der Waals surface area contributed by atoms with E-state index in [4.69, 9.17) is 4.74 Å². The van der Waals surface area contributed by atoms with E-state index in [0.29, 0.717) is 0 Å². The molecule has 0 aromatic heterocycles. The highest BCUT2D eigenvalue weighted by Crippen LogP contribution is 2.57. The van der Waals surface area contributed by atoms with Gasteiger partial charge in [0.2, 0.25) is 0 Å². The Morgan fingerprint density at radius 2 is 1.82 bits per heavy atom. The van der Waals surface area contributed by atoms with Gasteiger partial charge >= 0.3 is 0 Å². The lowest BCUT2D eigenvalue weighted by molar-refractivity contribution is 0.414. The number of unbranched alkanes of at least 4 members (excludes halogenated alkanes) is 1. The summed E-state index contributed by atoms with van der Waals surface area (Å²) in [6.07, 6.45) is 3.58. The van der Waals surface area contributed by atoms with Crippen LogP contribution in [0.25, 0.3) is 0 Å². The Hall–Kier alpha value is -1.61. The Kier molecular flexibility index (Phi) is 4.34. The average Bonchev–Trinajstić information content (AvgIpc) is 2.87. The molecule has 0 saturated carbocycles. The number of hydrogen-bond donors (Lipinski definition) is 0. The largest absolute Gasteiger partial charge is 0.497 e. The highest BCUT2D eigenvalue weighted by atomic mass is 32.2. The minimum Gasteiger partial charge on any atom is -0.497 e. The average molecular weight is 313 g/mol. The molecule has 0 bridgehead atoms. The molecule has 1 unspecified atom stereocenters. The lowest BCUT2D eigenvalue weighted by atomic mass is 9.98. The van der Waals surface area contributed by atoms with Gasteiger partial charge in [-0.1, -0.05) is 55.8 Å². The molecule has 1 heterocycles. The van der Waals surface area contributed by atoms with Gasteiger partial charge in [0.05, 0.1) is 12.8 Å². The topological polar surface area (TPSA) is 12.5 Å². The first kappa shape index (κ1) is 15.3. The van der Waals surface area contributed by atoms with Crippen molar-refractivity contribution in [1.82, 2.24) is 0 Å². The van der Waals surface area contributed by atoms with Crippen LogP contribution in [0.4, 0.5) is 5.69 Å². The van der Waals surface area contributed by atoms with Gasteiger partial charge in [0.25, 0.3) is 0 Å². The molecule has 2 nitrogen and oxygen atoms in total. The number of rotatable bonds is 5. The first-order valence-corrected chi connectivity index (χ1v) is 8.69. The monoisotopic (exact) mass is 313 g/mol. The van der Waals surface area contributed by atoms with Gasteiger partial charge < -0.3 is 9.64 Å².